The van der Waals surface area contributed by atoms with Gasteiger partial charge in [-0.2, -0.15) is 4.98 Å². The van der Waals surface area contributed by atoms with Crippen LogP contribution in [0.5, 0.6) is 5.88 Å². The van der Waals surface area contributed by atoms with Crippen LogP contribution in [0.1, 0.15) is 18.7 Å². The second kappa shape index (κ2) is 15.4. The number of nitrogens with one attached hydrogen (secondary N) is 1. The Hall–Kier alpha value is -2.74. The molecule has 4 aromatic rings. The van der Waals surface area contributed by atoms with E-state index in [1.54, 1.807) is 12.2 Å². The maximum atomic E-state index is 15.3. The third-order valence-electron chi connectivity index (χ3n) is 8.03. The number of ether oxygens (including phenoxy) is 2. The van der Waals surface area contributed by atoms with E-state index in [-0.39, 0.29) is 31.2 Å². The van der Waals surface area contributed by atoms with E-state index in [1.807, 2.05) is 0 Å². The molecule has 260 valence electrons. The number of aromatic nitrogens is 8. The first-order chi connectivity index (χ1) is 23.2. The van der Waals surface area contributed by atoms with Crippen molar-refractivity contribution in [2.24, 2.45) is 5.92 Å². The number of imidazole rings is 2. The minimum atomic E-state index is -2.79. The average molecular weight is 750 g/mol. The summed E-state index contributed by atoms with van der Waals surface area (Å²) in [5, 5.41) is 22.4. The number of aliphatic hydroxyl groups is 2. The van der Waals surface area contributed by atoms with E-state index in [0.717, 1.165) is 0 Å². The highest BCUT2D eigenvalue weighted by atomic mass is 32.7. The van der Waals surface area contributed by atoms with E-state index in [0.29, 0.717) is 29.0 Å². The van der Waals surface area contributed by atoms with E-state index < -0.39 is 69.9 Å². The minimum Gasteiger partial charge on any atom is -0.472 e. The number of halogens is 2. The average Bonchev–Trinajstić information content (AvgIpc) is 3.83. The van der Waals surface area contributed by atoms with Gasteiger partial charge in [-0.05, 0) is 12.5 Å². The van der Waals surface area contributed by atoms with Gasteiger partial charge in [-0.1, -0.05) is 30.6 Å². The van der Waals surface area contributed by atoms with Gasteiger partial charge >= 0.3 is 0 Å². The normalized spacial score (nSPS) is 28.9. The maximum Gasteiger partial charge on any atom is 0.245 e. The van der Waals surface area contributed by atoms with Gasteiger partial charge in [-0.15, -0.1) is 0 Å². The smallest absolute Gasteiger partial charge is 0.245 e. The van der Waals surface area contributed by atoms with Crippen molar-refractivity contribution in [1.82, 2.24) is 39.0 Å². The molecule has 3 N–H and O–H groups in total. The van der Waals surface area contributed by atoms with Crippen molar-refractivity contribution in [3.8, 4) is 5.88 Å². The largest absolute Gasteiger partial charge is 0.472 e. The zero-order valence-electron chi connectivity index (χ0n) is 24.7. The number of rotatable bonds is 14. The first-order valence-electron chi connectivity index (χ1n) is 14.5. The van der Waals surface area contributed by atoms with Crippen LogP contribution >= 0.6 is 39.0 Å². The Morgan fingerprint density at radius 2 is 1.60 bits per heavy atom. The van der Waals surface area contributed by atoms with Crippen molar-refractivity contribution in [3.05, 3.63) is 37.5 Å². The van der Waals surface area contributed by atoms with Gasteiger partial charge in [-0.25, -0.2) is 33.7 Å². The van der Waals surface area contributed by atoms with Crippen LogP contribution in [-0.2, 0) is 22.9 Å². The Kier molecular flexibility index (Phi) is 11.3. The zero-order valence-corrected chi connectivity index (χ0v) is 28.5. The third kappa shape index (κ3) is 7.11. The molecule has 1 saturated heterocycles. The number of fused-ring (bicyclic) bond motifs is 2. The quantitative estimate of drug-likeness (QED) is 0.0713. The van der Waals surface area contributed by atoms with Crippen LogP contribution in [0.15, 0.2) is 37.5 Å². The van der Waals surface area contributed by atoms with Gasteiger partial charge in [0.25, 0.3) is 0 Å². The highest BCUT2D eigenvalue weighted by Gasteiger charge is 2.48. The highest BCUT2D eigenvalue weighted by Crippen LogP contribution is 2.45. The van der Waals surface area contributed by atoms with E-state index in [4.69, 9.17) is 18.5 Å². The second-order valence-electron chi connectivity index (χ2n) is 10.8. The summed E-state index contributed by atoms with van der Waals surface area (Å²) in [5.74, 6) is -0.0280. The predicted octanol–water partition coefficient (Wildman–Crippen LogP) is 2.54. The number of anilines is 1. The Balaban J connectivity index is 1.07. The van der Waals surface area contributed by atoms with Gasteiger partial charge in [-0.3, -0.25) is 13.7 Å². The molecule has 0 amide bonds. The van der Waals surface area contributed by atoms with Crippen molar-refractivity contribution in [1.29, 1.82) is 0 Å². The standard InChI is InChI=1S/C25H31F2N9O8P2S2/c26-15-13(5-12(6-37)19(15)43-45(39)47)35-10-34-18-23(35)31-9-32-24(18)41-4-2-1-3-28-21-17-22(30-8-29-21)36(11-33-17)25-16(27)20(44-46(40)48)14(7-38)42-25/h1-2,8-16,19-20,25,37-38,45-46H,3-7H2,(H,39,47)(H,40,48)(H,28,29,30)/b2-1+/t12-,13-,14-,15+,16-,19-,20-,25-/m1/s1. The molecule has 0 radical (unpaired) electrons. The molecule has 5 heterocycles. The van der Waals surface area contributed by atoms with Crippen LogP contribution in [0.2, 0.25) is 0 Å². The van der Waals surface area contributed by atoms with Crippen molar-refractivity contribution in [2.45, 2.75) is 49.3 Å². The topological polar surface area (TPSA) is 211 Å². The lowest BCUT2D eigenvalue weighted by atomic mass is 10.1. The van der Waals surface area contributed by atoms with Gasteiger partial charge in [0.15, 0.2) is 40.5 Å². The zero-order chi connectivity index (χ0) is 33.9. The van der Waals surface area contributed by atoms with Gasteiger partial charge in [0.05, 0.1) is 25.3 Å². The maximum absolute atomic E-state index is 15.3. The third-order valence-corrected chi connectivity index (χ3v) is 9.61. The number of hydrogen-bond acceptors (Lipinski definition) is 15. The Labute approximate surface area is 282 Å². The fourth-order valence-electron chi connectivity index (χ4n) is 5.88. The van der Waals surface area contributed by atoms with Crippen LogP contribution in [0.3, 0.4) is 0 Å². The fourth-order valence-corrected chi connectivity index (χ4v) is 7.68. The molecular formula is C25H31F2N9O8P2S2. The fraction of sp³-hybridized carbons (Fsp3) is 0.520. The summed E-state index contributed by atoms with van der Waals surface area (Å²) in [4.78, 5) is 25.4. The van der Waals surface area contributed by atoms with Gasteiger partial charge in [0.2, 0.25) is 20.3 Å². The van der Waals surface area contributed by atoms with Crippen molar-refractivity contribution < 1.29 is 46.6 Å². The van der Waals surface area contributed by atoms with E-state index in [9.17, 15) is 19.3 Å². The molecule has 0 bridgehead atoms. The summed E-state index contributed by atoms with van der Waals surface area (Å²) >= 11 is 7.47. The lowest BCUT2D eigenvalue weighted by molar-refractivity contribution is -0.0427. The molecule has 1 aliphatic carbocycles. The van der Waals surface area contributed by atoms with Gasteiger partial charge < -0.3 is 38.6 Å². The SMILES string of the molecule is O=[PH](S)O[C@@H]1[C@@H](CO)C[C@@H](n2cnc3c(OC/C=C/CNc4ncnc5c4ncn5[C@@H]4O[C@H](CO)[C@@H](O[PH](=O)S)[C@H]4F)ncnc32)[C@@H]1F. The van der Waals surface area contributed by atoms with E-state index in [2.05, 4.69) is 59.7 Å². The molecule has 4 aromatic heterocycles. The number of aliphatic hydroxyl groups excluding tert-OH is 2. The molecule has 6 rings (SSSR count). The minimum absolute atomic E-state index is 0.104. The summed E-state index contributed by atoms with van der Waals surface area (Å²) in [7, 11) is -5.51. The lowest BCUT2D eigenvalue weighted by Crippen LogP contribution is -2.31. The lowest BCUT2D eigenvalue weighted by Gasteiger charge is -2.19. The van der Waals surface area contributed by atoms with Crippen LogP contribution < -0.4 is 10.1 Å². The summed E-state index contributed by atoms with van der Waals surface area (Å²) in [5.41, 5.74) is 1.24. The molecular weight excluding hydrogens is 718 g/mol. The van der Waals surface area contributed by atoms with E-state index in [1.165, 1.54) is 34.4 Å². The van der Waals surface area contributed by atoms with E-state index >= 15 is 8.78 Å². The summed E-state index contributed by atoms with van der Waals surface area (Å²) in [6.07, 6.45) is 1.00. The van der Waals surface area contributed by atoms with Gasteiger partial charge in [0, 0.05) is 19.1 Å². The second-order valence-corrected chi connectivity index (χ2v) is 14.5. The van der Waals surface area contributed by atoms with Crippen LogP contribution in [-0.4, -0.2) is 106 Å². The number of nitrogens with zero attached hydrogens (tertiary/aromatic N) is 8. The molecule has 10 atom stereocenters. The Morgan fingerprint density at radius 1 is 0.917 bits per heavy atom. The number of alkyl halides is 2. The number of thiol groups is 2. The molecule has 2 fully saturated rings. The highest BCUT2D eigenvalue weighted by molar-refractivity contribution is 8.39. The summed E-state index contributed by atoms with van der Waals surface area (Å²) in [6, 6.07) is -0.765. The van der Waals surface area contributed by atoms with Crippen LogP contribution in [0.4, 0.5) is 14.6 Å². The van der Waals surface area contributed by atoms with Crippen molar-refractivity contribution in [3.63, 3.8) is 0 Å². The first-order valence-corrected chi connectivity index (χ1v) is 19.7. The predicted molar refractivity (Wildman–Crippen MR) is 175 cm³/mol. The first kappa shape index (κ1) is 35.1. The van der Waals surface area contributed by atoms with Crippen molar-refractivity contribution in [2.75, 3.05) is 31.7 Å². The number of hydrogen-bond donors (Lipinski definition) is 5. The van der Waals surface area contributed by atoms with Gasteiger partial charge in [0.1, 0.15) is 43.7 Å². The molecule has 23 heteroatoms. The molecule has 2 aliphatic rings. The molecule has 1 saturated carbocycles. The summed E-state index contributed by atoms with van der Waals surface area (Å²) in [6.45, 7) is -0.488. The molecule has 17 nitrogen and oxygen atoms in total. The monoisotopic (exact) mass is 749 g/mol. The van der Waals surface area contributed by atoms with Crippen molar-refractivity contribution >= 4 is 67.1 Å². The molecule has 2 unspecified atom stereocenters. The van der Waals surface area contributed by atoms with Crippen LogP contribution in [0, 0.1) is 5.92 Å². The summed E-state index contributed by atoms with van der Waals surface area (Å²) < 4.78 is 78.2. The van der Waals surface area contributed by atoms with Crippen LogP contribution in [0.25, 0.3) is 22.3 Å². The molecule has 0 aromatic carbocycles. The Morgan fingerprint density at radius 3 is 2.33 bits per heavy atom. The molecule has 1 aliphatic heterocycles. The molecule has 0 spiro atoms. The Bertz CT molecular complexity index is 1700. The molecule has 48 heavy (non-hydrogen) atoms.